The van der Waals surface area contributed by atoms with E-state index in [0.717, 1.165) is 28.2 Å². The van der Waals surface area contributed by atoms with Crippen LogP contribution in [0.5, 0.6) is 0 Å². The molecule has 14 heavy (non-hydrogen) atoms. The predicted molar refractivity (Wildman–Crippen MR) is 64.2 cm³/mol. The van der Waals surface area contributed by atoms with E-state index in [1.54, 1.807) is 11.3 Å². The van der Waals surface area contributed by atoms with Crippen LogP contribution in [-0.2, 0) is 5.75 Å². The molecule has 6 heteroatoms. The molecule has 0 unspecified atom stereocenters. The highest BCUT2D eigenvalue weighted by molar-refractivity contribution is 7.98. The summed E-state index contributed by atoms with van der Waals surface area (Å²) in [6.07, 6.45) is 0. The zero-order valence-corrected chi connectivity index (χ0v) is 10.4. The molecule has 0 aliphatic heterocycles. The van der Waals surface area contributed by atoms with Crippen LogP contribution in [0.4, 0.5) is 5.13 Å². The van der Waals surface area contributed by atoms with Crippen molar-refractivity contribution in [1.82, 2.24) is 15.1 Å². The van der Waals surface area contributed by atoms with Crippen LogP contribution in [0.25, 0.3) is 0 Å². The molecule has 0 amide bonds. The van der Waals surface area contributed by atoms with E-state index in [4.69, 9.17) is 0 Å². The zero-order chi connectivity index (χ0) is 10.4. The molecule has 0 bridgehead atoms. The highest BCUT2D eigenvalue weighted by atomic mass is 32.2. The Balaban J connectivity index is 2.18. The predicted octanol–water partition coefficient (Wildman–Crippen LogP) is 1.37. The third kappa shape index (κ3) is 4.26. The molecule has 4 nitrogen and oxygen atoms in total. The summed E-state index contributed by atoms with van der Waals surface area (Å²) < 4.78 is 0. The molecule has 1 rings (SSSR count). The summed E-state index contributed by atoms with van der Waals surface area (Å²) in [4.78, 5) is 2.19. The van der Waals surface area contributed by atoms with Gasteiger partial charge in [-0.15, -0.1) is 10.2 Å². The number of nitrogens with zero attached hydrogens (tertiary/aromatic N) is 3. The Morgan fingerprint density at radius 2 is 2.21 bits per heavy atom. The summed E-state index contributed by atoms with van der Waals surface area (Å²) in [6.45, 7) is 1.11. The van der Waals surface area contributed by atoms with Gasteiger partial charge in [0.25, 0.3) is 0 Å². The minimum atomic E-state index is 0.896. The molecule has 1 heterocycles. The van der Waals surface area contributed by atoms with Crippen molar-refractivity contribution >= 4 is 28.2 Å². The van der Waals surface area contributed by atoms with Gasteiger partial charge in [0.1, 0.15) is 5.01 Å². The Kier molecular flexibility index (Phi) is 5.21. The van der Waals surface area contributed by atoms with Crippen LogP contribution in [0.15, 0.2) is 0 Å². The van der Waals surface area contributed by atoms with E-state index in [1.807, 2.05) is 18.8 Å². The van der Waals surface area contributed by atoms with E-state index >= 15 is 0 Å². The molecule has 0 fully saturated rings. The number of anilines is 1. The molecular weight excluding hydrogens is 216 g/mol. The van der Waals surface area contributed by atoms with Crippen molar-refractivity contribution in [3.63, 3.8) is 0 Å². The van der Waals surface area contributed by atoms with Crippen molar-refractivity contribution in [2.24, 2.45) is 0 Å². The average molecular weight is 232 g/mol. The van der Waals surface area contributed by atoms with E-state index in [-0.39, 0.29) is 0 Å². The molecular formula is C8H16N4S2. The standard InChI is InChI=1S/C8H16N4S2/c1-9-8-11-10-7(14-8)6-13-5-4-12(2)3/h4-6H2,1-3H3,(H,9,11). The van der Waals surface area contributed by atoms with Gasteiger partial charge in [-0.1, -0.05) is 11.3 Å². The average Bonchev–Trinajstić information content (AvgIpc) is 2.60. The lowest BCUT2D eigenvalue weighted by Crippen LogP contribution is -2.14. The lowest BCUT2D eigenvalue weighted by Gasteiger charge is -2.07. The summed E-state index contributed by atoms with van der Waals surface area (Å²) in [5.41, 5.74) is 0. The van der Waals surface area contributed by atoms with E-state index in [0.29, 0.717) is 0 Å². The third-order valence-corrected chi connectivity index (χ3v) is 3.66. The monoisotopic (exact) mass is 232 g/mol. The first-order chi connectivity index (χ1) is 6.72. The largest absolute Gasteiger partial charge is 0.363 e. The van der Waals surface area contributed by atoms with Gasteiger partial charge in [-0.3, -0.25) is 0 Å². The van der Waals surface area contributed by atoms with Gasteiger partial charge in [-0.25, -0.2) is 0 Å². The highest BCUT2D eigenvalue weighted by Crippen LogP contribution is 2.19. The van der Waals surface area contributed by atoms with E-state index in [1.165, 1.54) is 0 Å². The maximum absolute atomic E-state index is 4.08. The molecule has 0 aliphatic carbocycles. The SMILES string of the molecule is CNc1nnc(CSCCN(C)C)s1. The van der Waals surface area contributed by atoms with E-state index < -0.39 is 0 Å². The second-order valence-electron chi connectivity index (χ2n) is 3.11. The lowest BCUT2D eigenvalue weighted by atomic mass is 10.7. The van der Waals surface area contributed by atoms with Crippen molar-refractivity contribution in [2.45, 2.75) is 5.75 Å². The van der Waals surface area contributed by atoms with Crippen molar-refractivity contribution < 1.29 is 0 Å². The molecule has 0 spiro atoms. The number of nitrogens with one attached hydrogen (secondary N) is 1. The van der Waals surface area contributed by atoms with Gasteiger partial charge in [0.2, 0.25) is 5.13 Å². The van der Waals surface area contributed by atoms with Gasteiger partial charge >= 0.3 is 0 Å². The summed E-state index contributed by atoms with van der Waals surface area (Å²) in [6, 6.07) is 0. The summed E-state index contributed by atoms with van der Waals surface area (Å²) in [5, 5.41) is 13.0. The summed E-state index contributed by atoms with van der Waals surface area (Å²) in [7, 11) is 6.04. The topological polar surface area (TPSA) is 41.1 Å². The molecule has 0 saturated heterocycles. The smallest absolute Gasteiger partial charge is 0.205 e. The fourth-order valence-corrected chi connectivity index (χ4v) is 2.66. The van der Waals surface area contributed by atoms with Crippen LogP contribution in [0.1, 0.15) is 5.01 Å². The zero-order valence-electron chi connectivity index (χ0n) is 8.78. The van der Waals surface area contributed by atoms with Crippen LogP contribution < -0.4 is 5.32 Å². The first-order valence-corrected chi connectivity index (χ1v) is 6.42. The van der Waals surface area contributed by atoms with Crippen molar-refractivity contribution in [1.29, 1.82) is 0 Å². The molecule has 0 atom stereocenters. The number of hydrogen-bond acceptors (Lipinski definition) is 6. The maximum Gasteiger partial charge on any atom is 0.205 e. The Hall–Kier alpha value is -0.330. The normalized spacial score (nSPS) is 10.9. The number of aromatic nitrogens is 2. The van der Waals surface area contributed by atoms with Gasteiger partial charge in [0.15, 0.2) is 0 Å². The number of thioether (sulfide) groups is 1. The van der Waals surface area contributed by atoms with E-state index in [9.17, 15) is 0 Å². The first kappa shape index (κ1) is 11.7. The van der Waals surface area contributed by atoms with Gasteiger partial charge in [-0.05, 0) is 14.1 Å². The Morgan fingerprint density at radius 1 is 1.43 bits per heavy atom. The molecule has 1 aromatic rings. The van der Waals surface area contributed by atoms with Crippen LogP contribution in [0, 0.1) is 0 Å². The van der Waals surface area contributed by atoms with Crippen molar-refractivity contribution in [3.05, 3.63) is 5.01 Å². The van der Waals surface area contributed by atoms with Crippen molar-refractivity contribution in [2.75, 3.05) is 38.8 Å². The van der Waals surface area contributed by atoms with Gasteiger partial charge in [-0.2, -0.15) is 11.8 Å². The fraction of sp³-hybridized carbons (Fsp3) is 0.750. The molecule has 0 radical (unpaired) electrons. The second kappa shape index (κ2) is 6.21. The second-order valence-corrected chi connectivity index (χ2v) is 5.27. The van der Waals surface area contributed by atoms with Gasteiger partial charge in [0.05, 0.1) is 0 Å². The summed E-state index contributed by atoms with van der Waals surface area (Å²) in [5.74, 6) is 2.11. The molecule has 0 aliphatic rings. The first-order valence-electron chi connectivity index (χ1n) is 4.45. The van der Waals surface area contributed by atoms with Crippen molar-refractivity contribution in [3.8, 4) is 0 Å². The Morgan fingerprint density at radius 3 is 2.79 bits per heavy atom. The Bertz CT molecular complexity index is 262. The van der Waals surface area contributed by atoms with Crippen LogP contribution in [0.3, 0.4) is 0 Å². The van der Waals surface area contributed by atoms with Crippen LogP contribution in [-0.4, -0.2) is 48.5 Å². The minimum absolute atomic E-state index is 0.896. The number of hydrogen-bond donors (Lipinski definition) is 1. The maximum atomic E-state index is 4.08. The van der Waals surface area contributed by atoms with Gasteiger partial charge in [0, 0.05) is 25.1 Å². The third-order valence-electron chi connectivity index (χ3n) is 1.59. The van der Waals surface area contributed by atoms with Gasteiger partial charge < -0.3 is 10.2 Å². The van der Waals surface area contributed by atoms with E-state index in [2.05, 4.69) is 34.5 Å². The van der Waals surface area contributed by atoms with Crippen LogP contribution >= 0.6 is 23.1 Å². The highest BCUT2D eigenvalue weighted by Gasteiger charge is 2.01. The lowest BCUT2D eigenvalue weighted by molar-refractivity contribution is 0.437. The molecule has 1 aromatic heterocycles. The quantitative estimate of drug-likeness (QED) is 0.750. The minimum Gasteiger partial charge on any atom is -0.363 e. The summed E-state index contributed by atoms with van der Waals surface area (Å²) >= 11 is 3.52. The molecule has 80 valence electrons. The number of rotatable bonds is 6. The van der Waals surface area contributed by atoms with Crippen LogP contribution in [0.2, 0.25) is 0 Å². The molecule has 0 aromatic carbocycles. The molecule has 1 N–H and O–H groups in total. The Labute approximate surface area is 93.1 Å². The molecule has 0 saturated carbocycles. The fourth-order valence-electron chi connectivity index (χ4n) is 0.820.